The van der Waals surface area contributed by atoms with Crippen LogP contribution in [0, 0.1) is 11.6 Å². The van der Waals surface area contributed by atoms with Crippen molar-refractivity contribution in [3.63, 3.8) is 0 Å². The molecule has 0 bridgehead atoms. The molecule has 24 heavy (non-hydrogen) atoms. The lowest BCUT2D eigenvalue weighted by Gasteiger charge is -2.08. The first-order valence-electron chi connectivity index (χ1n) is 7.61. The minimum atomic E-state index is -0.467. The smallest absolute Gasteiger partial charge is 0.220 e. The molecule has 0 fully saturated rings. The molecular formula is C18H19F2NO3. The van der Waals surface area contributed by atoms with Crippen LogP contribution in [0.25, 0.3) is 0 Å². The van der Waals surface area contributed by atoms with Gasteiger partial charge in [-0.05, 0) is 48.4 Å². The Hall–Kier alpha value is -2.47. The van der Waals surface area contributed by atoms with Gasteiger partial charge in [-0.3, -0.25) is 4.79 Å². The number of aliphatic hydroxyl groups excluding tert-OH is 1. The van der Waals surface area contributed by atoms with Crippen molar-refractivity contribution in [3.8, 4) is 5.75 Å². The molecule has 4 nitrogen and oxygen atoms in total. The fourth-order valence-corrected chi connectivity index (χ4v) is 2.10. The largest absolute Gasteiger partial charge is 0.494 e. The number of nitrogens with one attached hydrogen (secondary N) is 1. The van der Waals surface area contributed by atoms with Crippen molar-refractivity contribution in [2.24, 2.45) is 0 Å². The molecule has 0 aromatic heterocycles. The zero-order chi connectivity index (χ0) is 17.4. The van der Waals surface area contributed by atoms with Gasteiger partial charge in [0.15, 0.2) is 0 Å². The summed E-state index contributed by atoms with van der Waals surface area (Å²) in [5.41, 5.74) is 0.922. The zero-order valence-corrected chi connectivity index (χ0v) is 13.1. The maximum atomic E-state index is 13.3. The second-order valence-electron chi connectivity index (χ2n) is 5.27. The van der Waals surface area contributed by atoms with E-state index in [0.29, 0.717) is 18.8 Å². The van der Waals surface area contributed by atoms with Crippen LogP contribution in [0.1, 0.15) is 24.0 Å². The van der Waals surface area contributed by atoms with Gasteiger partial charge in [0.05, 0.1) is 13.2 Å². The van der Waals surface area contributed by atoms with Crippen LogP contribution >= 0.6 is 0 Å². The summed E-state index contributed by atoms with van der Waals surface area (Å²) < 4.78 is 31.4. The van der Waals surface area contributed by atoms with E-state index < -0.39 is 5.82 Å². The van der Waals surface area contributed by atoms with E-state index >= 15 is 0 Å². The first-order chi connectivity index (χ1) is 11.6. The number of benzene rings is 2. The highest BCUT2D eigenvalue weighted by Crippen LogP contribution is 2.12. The molecule has 2 aromatic rings. The summed E-state index contributed by atoms with van der Waals surface area (Å²) in [5, 5.41) is 11.7. The van der Waals surface area contributed by atoms with Gasteiger partial charge in [-0.15, -0.1) is 0 Å². The molecule has 0 aliphatic rings. The Morgan fingerprint density at radius 3 is 2.58 bits per heavy atom. The molecule has 2 rings (SSSR count). The summed E-state index contributed by atoms with van der Waals surface area (Å²) in [4.78, 5) is 11.8. The third-order valence-electron chi connectivity index (χ3n) is 3.40. The Morgan fingerprint density at radius 2 is 1.88 bits per heavy atom. The standard InChI is InChI=1S/C18H19F2NO3/c19-15-4-6-16(7-5-15)24-9-1-2-18(23)21-11-13-3-8-17(20)14(10-13)12-22/h3-8,10,22H,1-2,9,11-12H2,(H,21,23). The number of hydrogen-bond donors (Lipinski definition) is 2. The molecule has 0 aliphatic heterocycles. The van der Waals surface area contributed by atoms with Crippen LogP contribution in [-0.2, 0) is 17.9 Å². The van der Waals surface area contributed by atoms with Gasteiger partial charge in [-0.1, -0.05) is 6.07 Å². The van der Waals surface area contributed by atoms with Crippen LogP contribution < -0.4 is 10.1 Å². The molecule has 128 valence electrons. The van der Waals surface area contributed by atoms with E-state index in [1.165, 1.54) is 36.4 Å². The normalized spacial score (nSPS) is 10.5. The molecule has 0 saturated carbocycles. The fourth-order valence-electron chi connectivity index (χ4n) is 2.10. The van der Waals surface area contributed by atoms with Crippen LogP contribution in [0.4, 0.5) is 8.78 Å². The molecule has 0 aliphatic carbocycles. The van der Waals surface area contributed by atoms with Gasteiger partial charge in [0, 0.05) is 18.5 Å². The Morgan fingerprint density at radius 1 is 1.12 bits per heavy atom. The number of hydrogen-bond acceptors (Lipinski definition) is 3. The lowest BCUT2D eigenvalue weighted by molar-refractivity contribution is -0.121. The lowest BCUT2D eigenvalue weighted by Crippen LogP contribution is -2.23. The van der Waals surface area contributed by atoms with E-state index in [1.54, 1.807) is 6.07 Å². The zero-order valence-electron chi connectivity index (χ0n) is 13.1. The predicted octanol–water partition coefficient (Wildman–Crippen LogP) is 2.93. The van der Waals surface area contributed by atoms with Crippen molar-refractivity contribution in [1.82, 2.24) is 5.32 Å². The van der Waals surface area contributed by atoms with Crippen LogP contribution in [0.3, 0.4) is 0 Å². The molecule has 0 spiro atoms. The Bertz CT molecular complexity index is 674. The van der Waals surface area contributed by atoms with Crippen molar-refractivity contribution in [3.05, 3.63) is 65.2 Å². The monoisotopic (exact) mass is 335 g/mol. The molecule has 0 radical (unpaired) electrons. The Labute approximate surface area is 139 Å². The van der Waals surface area contributed by atoms with Crippen LogP contribution in [0.5, 0.6) is 5.75 Å². The molecule has 0 unspecified atom stereocenters. The lowest BCUT2D eigenvalue weighted by atomic mass is 10.1. The summed E-state index contributed by atoms with van der Waals surface area (Å²) in [6.45, 7) is 0.240. The average Bonchev–Trinajstić information content (AvgIpc) is 2.59. The first kappa shape index (κ1) is 17.9. The van der Waals surface area contributed by atoms with E-state index in [-0.39, 0.29) is 36.9 Å². The van der Waals surface area contributed by atoms with Crippen molar-refractivity contribution in [2.75, 3.05) is 6.61 Å². The minimum absolute atomic E-state index is 0.146. The van der Waals surface area contributed by atoms with Gasteiger partial charge in [0.1, 0.15) is 17.4 Å². The second kappa shape index (κ2) is 8.98. The summed E-state index contributed by atoms with van der Waals surface area (Å²) in [6, 6.07) is 10.0. The van der Waals surface area contributed by atoms with Crippen molar-refractivity contribution in [2.45, 2.75) is 26.0 Å². The van der Waals surface area contributed by atoms with Gasteiger partial charge < -0.3 is 15.2 Å². The van der Waals surface area contributed by atoms with Crippen LogP contribution in [0.2, 0.25) is 0 Å². The highest BCUT2D eigenvalue weighted by Gasteiger charge is 2.05. The Kier molecular flexibility index (Phi) is 6.69. The maximum absolute atomic E-state index is 13.3. The molecular weight excluding hydrogens is 316 g/mol. The van der Waals surface area contributed by atoms with Crippen LogP contribution in [-0.4, -0.2) is 17.6 Å². The fraction of sp³-hybridized carbons (Fsp3) is 0.278. The topological polar surface area (TPSA) is 58.6 Å². The number of ether oxygens (including phenoxy) is 1. The molecule has 0 saturated heterocycles. The summed E-state index contributed by atoms with van der Waals surface area (Å²) in [5.74, 6) is -0.385. The summed E-state index contributed by atoms with van der Waals surface area (Å²) >= 11 is 0. The molecule has 2 aromatic carbocycles. The quantitative estimate of drug-likeness (QED) is 0.729. The average molecular weight is 335 g/mol. The van der Waals surface area contributed by atoms with E-state index in [9.17, 15) is 13.6 Å². The van der Waals surface area contributed by atoms with E-state index in [1.807, 2.05) is 0 Å². The third kappa shape index (κ3) is 5.62. The van der Waals surface area contributed by atoms with Gasteiger partial charge >= 0.3 is 0 Å². The van der Waals surface area contributed by atoms with E-state index in [2.05, 4.69) is 5.32 Å². The van der Waals surface area contributed by atoms with Gasteiger partial charge in [0.25, 0.3) is 0 Å². The van der Waals surface area contributed by atoms with Gasteiger partial charge in [-0.2, -0.15) is 0 Å². The van der Waals surface area contributed by atoms with E-state index in [4.69, 9.17) is 9.84 Å². The van der Waals surface area contributed by atoms with Gasteiger partial charge in [0.2, 0.25) is 5.91 Å². The second-order valence-corrected chi connectivity index (χ2v) is 5.27. The summed E-state index contributed by atoms with van der Waals surface area (Å²) in [6.07, 6.45) is 0.809. The van der Waals surface area contributed by atoms with E-state index in [0.717, 1.165) is 5.56 Å². The highest BCUT2D eigenvalue weighted by molar-refractivity contribution is 5.75. The van der Waals surface area contributed by atoms with Gasteiger partial charge in [-0.25, -0.2) is 8.78 Å². The van der Waals surface area contributed by atoms with Crippen molar-refractivity contribution in [1.29, 1.82) is 0 Å². The first-order valence-corrected chi connectivity index (χ1v) is 7.61. The van der Waals surface area contributed by atoms with Crippen molar-refractivity contribution >= 4 is 5.91 Å². The number of halogens is 2. The molecule has 2 N–H and O–H groups in total. The highest BCUT2D eigenvalue weighted by atomic mass is 19.1. The molecule has 1 amide bonds. The Balaban J connectivity index is 1.67. The minimum Gasteiger partial charge on any atom is -0.494 e. The number of carbonyl (C=O) groups is 1. The number of rotatable bonds is 8. The molecule has 0 atom stereocenters. The molecule has 6 heteroatoms. The third-order valence-corrected chi connectivity index (χ3v) is 3.40. The number of carbonyl (C=O) groups excluding carboxylic acids is 1. The number of amides is 1. The van der Waals surface area contributed by atoms with Crippen molar-refractivity contribution < 1.29 is 23.4 Å². The SMILES string of the molecule is O=C(CCCOc1ccc(F)cc1)NCc1ccc(F)c(CO)c1. The summed E-state index contributed by atoms with van der Waals surface area (Å²) in [7, 11) is 0. The number of aliphatic hydroxyl groups is 1. The predicted molar refractivity (Wildman–Crippen MR) is 85.3 cm³/mol. The van der Waals surface area contributed by atoms with Crippen LogP contribution in [0.15, 0.2) is 42.5 Å². The maximum Gasteiger partial charge on any atom is 0.220 e. The molecule has 0 heterocycles.